The first-order chi connectivity index (χ1) is 10.3. The minimum atomic E-state index is -0.256. The molecule has 0 spiro atoms. The van der Waals surface area contributed by atoms with Gasteiger partial charge in [0.15, 0.2) is 0 Å². The summed E-state index contributed by atoms with van der Waals surface area (Å²) in [6, 6.07) is 6.97. The van der Waals surface area contributed by atoms with Crippen molar-refractivity contribution in [3.8, 4) is 11.5 Å². The minimum Gasteiger partial charge on any atom is -0.423 e. The third-order valence-corrected chi connectivity index (χ3v) is 3.24. The maximum Gasteiger partial charge on any atom is 0.319 e. The van der Waals surface area contributed by atoms with Crippen LogP contribution in [0.1, 0.15) is 12.8 Å². The van der Waals surface area contributed by atoms with E-state index in [-0.39, 0.29) is 12.1 Å². The number of urea groups is 1. The summed E-state index contributed by atoms with van der Waals surface area (Å²) < 4.78 is 10.6. The third kappa shape index (κ3) is 3.57. The van der Waals surface area contributed by atoms with Gasteiger partial charge in [0.25, 0.3) is 0 Å². The van der Waals surface area contributed by atoms with Gasteiger partial charge < -0.3 is 19.8 Å². The molecular formula is C14H16N4O3. The lowest BCUT2D eigenvalue weighted by molar-refractivity contribution is 0.112. The molecule has 1 aliphatic heterocycles. The summed E-state index contributed by atoms with van der Waals surface area (Å²) in [5.41, 5.74) is 1.42. The number of ether oxygens (including phenoxy) is 1. The molecule has 2 amide bonds. The lowest BCUT2D eigenvalue weighted by Gasteiger charge is -2.12. The van der Waals surface area contributed by atoms with Gasteiger partial charge in [0.2, 0.25) is 12.3 Å². The molecule has 1 aliphatic rings. The molecule has 0 bridgehead atoms. The molecule has 0 radical (unpaired) electrons. The monoisotopic (exact) mass is 288 g/mol. The van der Waals surface area contributed by atoms with E-state index in [9.17, 15) is 4.79 Å². The van der Waals surface area contributed by atoms with E-state index in [1.165, 1.54) is 6.39 Å². The van der Waals surface area contributed by atoms with Crippen LogP contribution < -0.4 is 10.6 Å². The van der Waals surface area contributed by atoms with Crippen molar-refractivity contribution in [1.29, 1.82) is 0 Å². The molecule has 21 heavy (non-hydrogen) atoms. The Hall–Kier alpha value is -2.41. The van der Waals surface area contributed by atoms with Gasteiger partial charge >= 0.3 is 6.03 Å². The summed E-state index contributed by atoms with van der Waals surface area (Å²) in [5.74, 6) is 0.415. The predicted octanol–water partition coefficient (Wildman–Crippen LogP) is 2.04. The summed E-state index contributed by atoms with van der Waals surface area (Å²) in [6.45, 7) is 1.30. The SMILES string of the molecule is O=C(NCC1CCCO1)Nc1cccc(-c2nnco2)c1. The molecule has 3 rings (SSSR count). The Kier molecular flexibility index (Phi) is 4.11. The topological polar surface area (TPSA) is 89.3 Å². The van der Waals surface area contributed by atoms with E-state index < -0.39 is 0 Å². The van der Waals surface area contributed by atoms with Gasteiger partial charge in [0.05, 0.1) is 6.10 Å². The third-order valence-electron chi connectivity index (χ3n) is 3.24. The molecule has 0 saturated carbocycles. The molecule has 7 nitrogen and oxygen atoms in total. The largest absolute Gasteiger partial charge is 0.423 e. The maximum atomic E-state index is 11.8. The molecule has 1 saturated heterocycles. The highest BCUT2D eigenvalue weighted by Crippen LogP contribution is 2.20. The van der Waals surface area contributed by atoms with Crippen molar-refractivity contribution < 1.29 is 13.9 Å². The van der Waals surface area contributed by atoms with Crippen LogP contribution >= 0.6 is 0 Å². The first-order valence-corrected chi connectivity index (χ1v) is 6.84. The second kappa shape index (κ2) is 6.36. The number of carbonyl (C=O) groups is 1. The molecule has 1 unspecified atom stereocenters. The summed E-state index contributed by atoms with van der Waals surface area (Å²) in [4.78, 5) is 11.8. The van der Waals surface area contributed by atoms with E-state index in [0.717, 1.165) is 25.0 Å². The van der Waals surface area contributed by atoms with Crippen LogP contribution in [-0.4, -0.2) is 35.5 Å². The lowest BCUT2D eigenvalue weighted by Crippen LogP contribution is -2.35. The Morgan fingerprint density at radius 3 is 3.14 bits per heavy atom. The number of hydrogen-bond acceptors (Lipinski definition) is 5. The van der Waals surface area contributed by atoms with E-state index >= 15 is 0 Å². The second-order valence-electron chi connectivity index (χ2n) is 4.79. The van der Waals surface area contributed by atoms with Crippen molar-refractivity contribution in [2.45, 2.75) is 18.9 Å². The lowest BCUT2D eigenvalue weighted by atomic mass is 10.2. The second-order valence-corrected chi connectivity index (χ2v) is 4.79. The van der Waals surface area contributed by atoms with Gasteiger partial charge in [-0.3, -0.25) is 0 Å². The van der Waals surface area contributed by atoms with E-state index in [2.05, 4.69) is 20.8 Å². The summed E-state index contributed by atoms with van der Waals surface area (Å²) >= 11 is 0. The quantitative estimate of drug-likeness (QED) is 0.898. The number of carbonyl (C=O) groups excluding carboxylic acids is 1. The number of nitrogens with zero attached hydrogens (tertiary/aromatic N) is 2. The molecule has 2 aromatic rings. The van der Waals surface area contributed by atoms with E-state index in [0.29, 0.717) is 18.1 Å². The number of anilines is 1. The number of amides is 2. The Balaban J connectivity index is 1.56. The van der Waals surface area contributed by atoms with E-state index in [1.807, 2.05) is 12.1 Å². The standard InChI is InChI=1S/C14H16N4O3/c19-14(15-8-12-5-2-6-20-12)17-11-4-1-3-10(7-11)13-18-16-9-21-13/h1,3-4,7,9,12H,2,5-6,8H2,(H2,15,17,19). The molecule has 1 atom stereocenters. The maximum absolute atomic E-state index is 11.8. The highest BCUT2D eigenvalue weighted by molar-refractivity contribution is 5.89. The zero-order valence-corrected chi connectivity index (χ0v) is 11.4. The van der Waals surface area contributed by atoms with Crippen LogP contribution in [0.5, 0.6) is 0 Å². The number of benzene rings is 1. The molecule has 2 heterocycles. The molecule has 1 aromatic heterocycles. The van der Waals surface area contributed by atoms with Gasteiger partial charge in [-0.05, 0) is 31.0 Å². The molecule has 110 valence electrons. The fraction of sp³-hybridized carbons (Fsp3) is 0.357. The highest BCUT2D eigenvalue weighted by atomic mass is 16.5. The highest BCUT2D eigenvalue weighted by Gasteiger charge is 2.16. The number of rotatable bonds is 4. The molecule has 1 fully saturated rings. The average Bonchev–Trinajstić information content (AvgIpc) is 3.19. The molecule has 0 aliphatic carbocycles. The average molecular weight is 288 g/mol. The van der Waals surface area contributed by atoms with Crippen LogP contribution in [0.2, 0.25) is 0 Å². The minimum absolute atomic E-state index is 0.125. The van der Waals surface area contributed by atoms with Crippen molar-refractivity contribution in [2.24, 2.45) is 0 Å². The predicted molar refractivity (Wildman–Crippen MR) is 75.7 cm³/mol. The van der Waals surface area contributed by atoms with Crippen LogP contribution in [0.4, 0.5) is 10.5 Å². The van der Waals surface area contributed by atoms with Crippen LogP contribution in [0.15, 0.2) is 35.1 Å². The zero-order valence-electron chi connectivity index (χ0n) is 11.4. The fourth-order valence-electron chi connectivity index (χ4n) is 2.22. The first kappa shape index (κ1) is 13.6. The Morgan fingerprint density at radius 1 is 1.43 bits per heavy atom. The van der Waals surface area contributed by atoms with Crippen molar-refractivity contribution in [1.82, 2.24) is 15.5 Å². The Labute approximate surface area is 121 Å². The zero-order chi connectivity index (χ0) is 14.5. The van der Waals surface area contributed by atoms with Gasteiger partial charge in [-0.1, -0.05) is 6.07 Å². The smallest absolute Gasteiger partial charge is 0.319 e. The van der Waals surface area contributed by atoms with Gasteiger partial charge in [0, 0.05) is 24.4 Å². The Bertz CT molecular complexity index is 594. The first-order valence-electron chi connectivity index (χ1n) is 6.84. The van der Waals surface area contributed by atoms with Crippen molar-refractivity contribution >= 4 is 11.7 Å². The Morgan fingerprint density at radius 2 is 2.38 bits per heavy atom. The van der Waals surface area contributed by atoms with Gasteiger partial charge in [-0.15, -0.1) is 10.2 Å². The van der Waals surface area contributed by atoms with Crippen molar-refractivity contribution in [3.05, 3.63) is 30.7 Å². The van der Waals surface area contributed by atoms with Crippen LogP contribution in [0, 0.1) is 0 Å². The molecular weight excluding hydrogens is 272 g/mol. The van der Waals surface area contributed by atoms with Crippen LogP contribution in [0.25, 0.3) is 11.5 Å². The molecule has 1 aromatic carbocycles. The van der Waals surface area contributed by atoms with E-state index in [1.54, 1.807) is 12.1 Å². The van der Waals surface area contributed by atoms with Crippen LogP contribution in [0.3, 0.4) is 0 Å². The number of nitrogens with one attached hydrogen (secondary N) is 2. The van der Waals surface area contributed by atoms with Gasteiger partial charge in [-0.2, -0.15) is 0 Å². The summed E-state index contributed by atoms with van der Waals surface area (Å²) in [6.07, 6.45) is 3.44. The normalized spacial score (nSPS) is 17.6. The summed E-state index contributed by atoms with van der Waals surface area (Å²) in [7, 11) is 0. The van der Waals surface area contributed by atoms with E-state index in [4.69, 9.17) is 9.15 Å². The van der Waals surface area contributed by atoms with Crippen molar-refractivity contribution in [2.75, 3.05) is 18.5 Å². The van der Waals surface area contributed by atoms with Gasteiger partial charge in [0.1, 0.15) is 0 Å². The molecule has 2 N–H and O–H groups in total. The molecule has 7 heteroatoms. The number of hydrogen-bond donors (Lipinski definition) is 2. The number of aromatic nitrogens is 2. The van der Waals surface area contributed by atoms with Crippen molar-refractivity contribution in [3.63, 3.8) is 0 Å². The fourth-order valence-corrected chi connectivity index (χ4v) is 2.22. The van der Waals surface area contributed by atoms with Crippen LogP contribution in [-0.2, 0) is 4.74 Å². The summed E-state index contributed by atoms with van der Waals surface area (Å²) in [5, 5.41) is 13.0. The van der Waals surface area contributed by atoms with Gasteiger partial charge in [-0.25, -0.2) is 4.79 Å².